The monoisotopic (exact) mass is 448 g/mol. The highest BCUT2D eigenvalue weighted by Crippen LogP contribution is 2.39. The third-order valence-electron chi connectivity index (χ3n) is 5.86. The molecule has 2 fully saturated rings. The van der Waals surface area contributed by atoms with Gasteiger partial charge in [0.15, 0.2) is 11.0 Å². The number of amides is 1. The molecule has 1 aromatic carbocycles. The molecule has 9 nitrogen and oxygen atoms in total. The summed E-state index contributed by atoms with van der Waals surface area (Å²) in [5.41, 5.74) is 0.202. The van der Waals surface area contributed by atoms with Crippen LogP contribution < -0.4 is 5.32 Å². The van der Waals surface area contributed by atoms with Gasteiger partial charge in [-0.2, -0.15) is 0 Å². The lowest BCUT2D eigenvalue weighted by Crippen LogP contribution is -2.63. The predicted octanol–water partition coefficient (Wildman–Crippen LogP) is 1.10. The fourth-order valence-electron chi connectivity index (χ4n) is 4.31. The Morgan fingerprint density at radius 1 is 1.19 bits per heavy atom. The number of aliphatic hydroxyl groups is 3. The van der Waals surface area contributed by atoms with Gasteiger partial charge < -0.3 is 25.4 Å². The Bertz CT molecular complexity index is 889. The lowest BCUT2D eigenvalue weighted by molar-refractivity contribution is -0.173. The Balaban J connectivity index is 1.68. The van der Waals surface area contributed by atoms with Crippen molar-refractivity contribution in [3.8, 4) is 11.4 Å². The molecule has 10 heteroatoms. The number of hydrogen-bond donors (Lipinski definition) is 4. The normalized spacial score (nSPS) is 29.2. The van der Waals surface area contributed by atoms with Crippen LogP contribution in [0.3, 0.4) is 0 Å². The van der Waals surface area contributed by atoms with Gasteiger partial charge >= 0.3 is 0 Å². The van der Waals surface area contributed by atoms with Gasteiger partial charge in [-0.05, 0) is 12.8 Å². The number of aliphatic hydroxyl groups excluding tert-OH is 3. The maximum Gasteiger partial charge on any atom is 0.217 e. The van der Waals surface area contributed by atoms with Crippen molar-refractivity contribution in [2.24, 2.45) is 0 Å². The van der Waals surface area contributed by atoms with Crippen molar-refractivity contribution in [2.45, 2.75) is 73.6 Å². The molecule has 2 heterocycles. The number of benzene rings is 1. The van der Waals surface area contributed by atoms with E-state index in [0.29, 0.717) is 5.16 Å². The first-order valence-corrected chi connectivity index (χ1v) is 11.4. The van der Waals surface area contributed by atoms with Crippen molar-refractivity contribution in [1.29, 1.82) is 0 Å². The summed E-state index contributed by atoms with van der Waals surface area (Å²) >= 11 is 1.24. The molecule has 0 bridgehead atoms. The van der Waals surface area contributed by atoms with Crippen molar-refractivity contribution in [3.63, 3.8) is 0 Å². The fraction of sp³-hybridized carbons (Fsp3) is 0.571. The van der Waals surface area contributed by atoms with Gasteiger partial charge in [-0.1, -0.05) is 54.9 Å². The molecule has 31 heavy (non-hydrogen) atoms. The minimum Gasteiger partial charge on any atom is -0.394 e. The zero-order chi connectivity index (χ0) is 22.0. The maximum atomic E-state index is 11.7. The summed E-state index contributed by atoms with van der Waals surface area (Å²) in [6, 6.07) is 9.22. The van der Waals surface area contributed by atoms with Crippen LogP contribution in [-0.4, -0.2) is 72.4 Å². The number of carbonyl (C=O) groups excluding carboxylic acids is 1. The van der Waals surface area contributed by atoms with Crippen LogP contribution in [0.1, 0.15) is 38.6 Å². The smallest absolute Gasteiger partial charge is 0.217 e. The van der Waals surface area contributed by atoms with Gasteiger partial charge in [0.2, 0.25) is 5.91 Å². The summed E-state index contributed by atoms with van der Waals surface area (Å²) in [4.78, 5) is 11.7. The second-order valence-electron chi connectivity index (χ2n) is 8.03. The highest BCUT2D eigenvalue weighted by Gasteiger charge is 2.46. The van der Waals surface area contributed by atoms with Crippen molar-refractivity contribution < 1.29 is 24.9 Å². The van der Waals surface area contributed by atoms with E-state index in [9.17, 15) is 20.1 Å². The van der Waals surface area contributed by atoms with Crippen LogP contribution in [0.15, 0.2) is 35.5 Å². The topological polar surface area (TPSA) is 130 Å². The molecule has 0 unspecified atom stereocenters. The van der Waals surface area contributed by atoms with E-state index in [-0.39, 0.29) is 11.9 Å². The van der Waals surface area contributed by atoms with Gasteiger partial charge in [0.25, 0.3) is 0 Å². The molecule has 0 radical (unpaired) electrons. The van der Waals surface area contributed by atoms with E-state index in [1.165, 1.54) is 18.7 Å². The minimum atomic E-state index is -1.31. The molecule has 5 atom stereocenters. The first-order valence-electron chi connectivity index (χ1n) is 10.6. The molecule has 2 aromatic rings. The lowest BCUT2D eigenvalue weighted by atomic mass is 9.98. The number of nitrogens with one attached hydrogen (secondary N) is 1. The molecule has 1 aromatic heterocycles. The molecule has 4 N–H and O–H groups in total. The summed E-state index contributed by atoms with van der Waals surface area (Å²) < 4.78 is 7.99. The Kier molecular flexibility index (Phi) is 6.92. The SMILES string of the molecule is CC(=O)N[C@@H]1[C@@H](O)[C@H](O)[C@@H](CO)O[C@H]1Sc1nnc(-c2ccccc2)n1C1CCCC1. The van der Waals surface area contributed by atoms with Gasteiger partial charge in [0.05, 0.1) is 12.6 Å². The van der Waals surface area contributed by atoms with Crippen LogP contribution in [0.4, 0.5) is 0 Å². The second-order valence-corrected chi connectivity index (χ2v) is 9.10. The summed E-state index contributed by atoms with van der Waals surface area (Å²) in [5, 5.41) is 42.6. The minimum absolute atomic E-state index is 0.250. The molecule has 1 aliphatic carbocycles. The molecular formula is C21H28N4O5S. The van der Waals surface area contributed by atoms with E-state index >= 15 is 0 Å². The van der Waals surface area contributed by atoms with Crippen molar-refractivity contribution in [2.75, 3.05) is 6.61 Å². The molecule has 1 amide bonds. The van der Waals surface area contributed by atoms with Gasteiger partial charge in [0.1, 0.15) is 23.7 Å². The second kappa shape index (κ2) is 9.66. The molecular weight excluding hydrogens is 420 g/mol. The number of ether oxygens (including phenoxy) is 1. The Hall–Kier alpha value is -1.98. The Labute approximate surface area is 184 Å². The number of thioether (sulfide) groups is 1. The summed E-state index contributed by atoms with van der Waals surface area (Å²) in [5.74, 6) is 0.413. The molecule has 1 saturated heterocycles. The molecule has 1 saturated carbocycles. The molecule has 2 aliphatic rings. The zero-order valence-corrected chi connectivity index (χ0v) is 18.1. The molecule has 0 spiro atoms. The number of rotatable bonds is 6. The van der Waals surface area contributed by atoms with E-state index in [1.54, 1.807) is 0 Å². The first-order chi connectivity index (χ1) is 15.0. The summed E-state index contributed by atoms with van der Waals surface area (Å²) in [6.45, 7) is 0.889. The number of hydrogen-bond acceptors (Lipinski definition) is 8. The maximum absolute atomic E-state index is 11.7. The molecule has 4 rings (SSSR count). The van der Waals surface area contributed by atoms with Crippen LogP contribution in [0.25, 0.3) is 11.4 Å². The van der Waals surface area contributed by atoms with Crippen LogP contribution in [0, 0.1) is 0 Å². The van der Waals surface area contributed by atoms with E-state index in [1.807, 2.05) is 30.3 Å². The zero-order valence-electron chi connectivity index (χ0n) is 17.3. The van der Waals surface area contributed by atoms with Crippen LogP contribution in [0.5, 0.6) is 0 Å². The number of aromatic nitrogens is 3. The highest BCUT2D eigenvalue weighted by molar-refractivity contribution is 7.99. The molecule has 168 valence electrons. The highest BCUT2D eigenvalue weighted by atomic mass is 32.2. The van der Waals surface area contributed by atoms with Gasteiger partial charge in [-0.25, -0.2) is 0 Å². The van der Waals surface area contributed by atoms with Crippen molar-refractivity contribution in [1.82, 2.24) is 20.1 Å². The van der Waals surface area contributed by atoms with E-state index in [0.717, 1.165) is 37.1 Å². The average Bonchev–Trinajstić information content (AvgIpc) is 3.43. The first kappa shape index (κ1) is 22.2. The molecule has 1 aliphatic heterocycles. The van der Waals surface area contributed by atoms with E-state index < -0.39 is 36.4 Å². The van der Waals surface area contributed by atoms with Gasteiger partial charge in [0, 0.05) is 18.5 Å². The van der Waals surface area contributed by atoms with E-state index in [4.69, 9.17) is 4.74 Å². The number of carbonyl (C=O) groups is 1. The number of nitrogens with zero attached hydrogens (tertiary/aromatic N) is 3. The summed E-state index contributed by atoms with van der Waals surface area (Å²) in [7, 11) is 0. The van der Waals surface area contributed by atoms with Crippen LogP contribution in [-0.2, 0) is 9.53 Å². The standard InChI is InChI=1S/C21H28N4O5S/c1-12(27)22-16-18(29)17(28)15(11-26)30-20(16)31-21-24-23-19(13-7-3-2-4-8-13)25(21)14-9-5-6-10-14/h2-4,7-8,14-18,20,26,28-29H,5-6,9-11H2,1H3,(H,22,27)/t15-,16-,17-,18-,20+/m1/s1. The van der Waals surface area contributed by atoms with Crippen molar-refractivity contribution >= 4 is 17.7 Å². The average molecular weight is 449 g/mol. The van der Waals surface area contributed by atoms with Crippen LogP contribution >= 0.6 is 11.8 Å². The Morgan fingerprint density at radius 2 is 1.90 bits per heavy atom. The van der Waals surface area contributed by atoms with Gasteiger partial charge in [-0.3, -0.25) is 9.36 Å². The third kappa shape index (κ3) is 4.63. The van der Waals surface area contributed by atoms with Crippen molar-refractivity contribution in [3.05, 3.63) is 30.3 Å². The largest absolute Gasteiger partial charge is 0.394 e. The lowest BCUT2D eigenvalue weighted by Gasteiger charge is -2.42. The van der Waals surface area contributed by atoms with Gasteiger partial charge in [-0.15, -0.1) is 10.2 Å². The Morgan fingerprint density at radius 3 is 2.55 bits per heavy atom. The fourth-order valence-corrected chi connectivity index (χ4v) is 5.53. The van der Waals surface area contributed by atoms with Crippen LogP contribution in [0.2, 0.25) is 0 Å². The predicted molar refractivity (Wildman–Crippen MR) is 114 cm³/mol. The summed E-state index contributed by atoms with van der Waals surface area (Å²) in [6.07, 6.45) is 0.739. The quantitative estimate of drug-likeness (QED) is 0.517. The third-order valence-corrected chi connectivity index (χ3v) is 6.98. The van der Waals surface area contributed by atoms with E-state index in [2.05, 4.69) is 20.1 Å².